The number of ether oxygens (including phenoxy) is 1. The number of para-hydroxylation sites is 1. The van der Waals surface area contributed by atoms with Crippen molar-refractivity contribution in [2.75, 3.05) is 11.8 Å². The molecule has 2 rings (SSSR count). The monoisotopic (exact) mass is 315 g/mol. The lowest BCUT2D eigenvalue weighted by molar-refractivity contribution is 0.403. The first-order valence-corrected chi connectivity index (χ1v) is 7.41. The van der Waals surface area contributed by atoms with E-state index in [1.54, 1.807) is 12.1 Å². The SMILES string of the molecule is COc1ccccc1S(=O)(=O)Nc1ccc(F)c(Cl)c1. The van der Waals surface area contributed by atoms with Gasteiger partial charge in [-0.25, -0.2) is 12.8 Å². The molecule has 0 radical (unpaired) electrons. The molecule has 0 unspecified atom stereocenters. The summed E-state index contributed by atoms with van der Waals surface area (Å²) >= 11 is 5.61. The molecule has 0 fully saturated rings. The van der Waals surface area contributed by atoms with Crippen molar-refractivity contribution in [1.29, 1.82) is 0 Å². The number of hydrogen-bond donors (Lipinski definition) is 1. The van der Waals surface area contributed by atoms with E-state index in [1.807, 2.05) is 0 Å². The molecular weight excluding hydrogens is 305 g/mol. The minimum atomic E-state index is -3.84. The lowest BCUT2D eigenvalue weighted by Crippen LogP contribution is -2.14. The summed E-state index contributed by atoms with van der Waals surface area (Å²) in [5.74, 6) is -0.403. The predicted octanol–water partition coefficient (Wildman–Crippen LogP) is 3.29. The fourth-order valence-electron chi connectivity index (χ4n) is 1.61. The van der Waals surface area contributed by atoms with Gasteiger partial charge in [0.1, 0.15) is 16.5 Å². The van der Waals surface area contributed by atoms with Gasteiger partial charge in [0.05, 0.1) is 17.8 Å². The maximum Gasteiger partial charge on any atom is 0.265 e. The number of anilines is 1. The number of sulfonamides is 1. The number of methoxy groups -OCH3 is 1. The van der Waals surface area contributed by atoms with E-state index in [0.29, 0.717) is 0 Å². The Morgan fingerprint density at radius 1 is 1.20 bits per heavy atom. The van der Waals surface area contributed by atoms with E-state index in [9.17, 15) is 12.8 Å². The van der Waals surface area contributed by atoms with Gasteiger partial charge in [0.2, 0.25) is 0 Å². The molecular formula is C13H11ClFNO3S. The Labute approximate surface area is 121 Å². The third-order valence-electron chi connectivity index (χ3n) is 2.53. The molecule has 0 aliphatic carbocycles. The van der Waals surface area contributed by atoms with Crippen LogP contribution in [0.15, 0.2) is 47.4 Å². The second-order valence-electron chi connectivity index (χ2n) is 3.89. The summed E-state index contributed by atoms with van der Waals surface area (Å²) in [6, 6.07) is 9.75. The summed E-state index contributed by atoms with van der Waals surface area (Å²) in [5, 5.41) is -0.162. The quantitative estimate of drug-likeness (QED) is 0.942. The van der Waals surface area contributed by atoms with Gasteiger partial charge in [-0.3, -0.25) is 4.72 Å². The fourth-order valence-corrected chi connectivity index (χ4v) is 3.01. The third-order valence-corrected chi connectivity index (χ3v) is 4.24. The highest BCUT2D eigenvalue weighted by Gasteiger charge is 2.19. The van der Waals surface area contributed by atoms with Crippen molar-refractivity contribution in [2.45, 2.75) is 4.90 Å². The molecule has 0 aliphatic rings. The molecule has 7 heteroatoms. The zero-order chi connectivity index (χ0) is 14.8. The standard InChI is InChI=1S/C13H11ClFNO3S/c1-19-12-4-2-3-5-13(12)20(17,18)16-9-6-7-11(15)10(14)8-9/h2-8,16H,1H3. The van der Waals surface area contributed by atoms with Crippen molar-refractivity contribution in [3.8, 4) is 5.75 Å². The van der Waals surface area contributed by atoms with Gasteiger partial charge in [-0.1, -0.05) is 23.7 Å². The molecule has 0 bridgehead atoms. The highest BCUT2D eigenvalue weighted by molar-refractivity contribution is 7.92. The molecule has 0 heterocycles. The molecule has 2 aromatic rings. The molecule has 0 aromatic heterocycles. The lowest BCUT2D eigenvalue weighted by atomic mass is 10.3. The van der Waals surface area contributed by atoms with E-state index >= 15 is 0 Å². The largest absolute Gasteiger partial charge is 0.495 e. The van der Waals surface area contributed by atoms with Crippen LogP contribution in [0, 0.1) is 5.82 Å². The van der Waals surface area contributed by atoms with Crippen molar-refractivity contribution in [3.05, 3.63) is 53.3 Å². The van der Waals surface area contributed by atoms with Crippen LogP contribution in [0.2, 0.25) is 5.02 Å². The number of benzene rings is 2. The minimum Gasteiger partial charge on any atom is -0.495 e. The van der Waals surface area contributed by atoms with Crippen molar-refractivity contribution in [2.24, 2.45) is 0 Å². The zero-order valence-electron chi connectivity index (χ0n) is 10.4. The normalized spacial score (nSPS) is 11.2. The highest BCUT2D eigenvalue weighted by atomic mass is 35.5. The van der Waals surface area contributed by atoms with Crippen LogP contribution >= 0.6 is 11.6 Å². The van der Waals surface area contributed by atoms with Gasteiger partial charge in [-0.15, -0.1) is 0 Å². The molecule has 1 N–H and O–H groups in total. The molecule has 2 aromatic carbocycles. The Hall–Kier alpha value is -1.79. The zero-order valence-corrected chi connectivity index (χ0v) is 12.0. The maximum atomic E-state index is 13.0. The van der Waals surface area contributed by atoms with E-state index in [2.05, 4.69) is 4.72 Å². The summed E-state index contributed by atoms with van der Waals surface area (Å²) in [6.45, 7) is 0. The van der Waals surface area contributed by atoms with Gasteiger partial charge in [0.15, 0.2) is 0 Å². The Kier molecular flexibility index (Phi) is 4.15. The molecule has 0 saturated carbocycles. The molecule has 0 atom stereocenters. The van der Waals surface area contributed by atoms with Gasteiger partial charge in [-0.2, -0.15) is 0 Å². The summed E-state index contributed by atoms with van der Waals surface area (Å²) < 4.78 is 44.9. The van der Waals surface area contributed by atoms with Crippen LogP contribution in [0.1, 0.15) is 0 Å². The van der Waals surface area contributed by atoms with E-state index in [1.165, 1.54) is 31.4 Å². The van der Waals surface area contributed by atoms with Crippen LogP contribution in [0.3, 0.4) is 0 Å². The van der Waals surface area contributed by atoms with Crippen molar-refractivity contribution < 1.29 is 17.5 Å². The van der Waals surface area contributed by atoms with E-state index in [4.69, 9.17) is 16.3 Å². The Morgan fingerprint density at radius 3 is 2.55 bits per heavy atom. The van der Waals surface area contributed by atoms with Crippen molar-refractivity contribution in [3.63, 3.8) is 0 Å². The fraction of sp³-hybridized carbons (Fsp3) is 0.0769. The van der Waals surface area contributed by atoms with E-state index in [-0.39, 0.29) is 21.4 Å². The van der Waals surface area contributed by atoms with Crippen LogP contribution < -0.4 is 9.46 Å². The van der Waals surface area contributed by atoms with Crippen LogP contribution in [-0.4, -0.2) is 15.5 Å². The smallest absolute Gasteiger partial charge is 0.265 e. The molecule has 0 amide bonds. The Morgan fingerprint density at radius 2 is 1.90 bits per heavy atom. The van der Waals surface area contributed by atoms with Crippen molar-refractivity contribution >= 4 is 27.3 Å². The van der Waals surface area contributed by atoms with Gasteiger partial charge in [0, 0.05) is 0 Å². The molecule has 0 spiro atoms. The van der Waals surface area contributed by atoms with Crippen LogP contribution in [0.4, 0.5) is 10.1 Å². The second kappa shape index (κ2) is 5.68. The van der Waals surface area contributed by atoms with Crippen molar-refractivity contribution in [1.82, 2.24) is 0 Å². The molecule has 0 aliphatic heterocycles. The minimum absolute atomic E-state index is 0.0112. The number of rotatable bonds is 4. The number of halogens is 2. The molecule has 0 saturated heterocycles. The number of hydrogen-bond acceptors (Lipinski definition) is 3. The number of nitrogens with one attached hydrogen (secondary N) is 1. The lowest BCUT2D eigenvalue weighted by Gasteiger charge is -2.11. The molecule has 106 valence electrons. The summed E-state index contributed by atoms with van der Waals surface area (Å²) in [7, 11) is -2.46. The Bertz CT molecular complexity index is 734. The average molecular weight is 316 g/mol. The molecule has 20 heavy (non-hydrogen) atoms. The van der Waals surface area contributed by atoms with Crippen LogP contribution in [0.25, 0.3) is 0 Å². The topological polar surface area (TPSA) is 55.4 Å². The van der Waals surface area contributed by atoms with Gasteiger partial charge in [-0.05, 0) is 30.3 Å². The predicted molar refractivity (Wildman–Crippen MR) is 75.2 cm³/mol. The first-order valence-electron chi connectivity index (χ1n) is 5.55. The second-order valence-corrected chi connectivity index (χ2v) is 5.94. The highest BCUT2D eigenvalue weighted by Crippen LogP contribution is 2.26. The summed E-state index contributed by atoms with van der Waals surface area (Å²) in [5.41, 5.74) is 0.169. The van der Waals surface area contributed by atoms with Crippen LogP contribution in [0.5, 0.6) is 5.75 Å². The average Bonchev–Trinajstić information content (AvgIpc) is 2.42. The Balaban J connectivity index is 2.38. The summed E-state index contributed by atoms with van der Waals surface area (Å²) in [4.78, 5) is -0.0112. The van der Waals surface area contributed by atoms with Gasteiger partial charge < -0.3 is 4.74 Å². The van der Waals surface area contributed by atoms with Gasteiger partial charge >= 0.3 is 0 Å². The van der Waals surface area contributed by atoms with Crippen LogP contribution in [-0.2, 0) is 10.0 Å². The molecule has 4 nitrogen and oxygen atoms in total. The van der Waals surface area contributed by atoms with Gasteiger partial charge in [0.25, 0.3) is 10.0 Å². The van der Waals surface area contributed by atoms with E-state index < -0.39 is 15.8 Å². The maximum absolute atomic E-state index is 13.0. The first-order chi connectivity index (χ1) is 9.44. The summed E-state index contributed by atoms with van der Waals surface area (Å²) in [6.07, 6.45) is 0. The third kappa shape index (κ3) is 3.02. The van der Waals surface area contributed by atoms with E-state index in [0.717, 1.165) is 6.07 Å². The first kappa shape index (κ1) is 14.6.